The molecule has 0 aliphatic carbocycles. The SMILES string of the molecule is C[N-]C(=O)N(C)C(COCCC(=O)C(C)C)COCCC(=O)C(C)C.[CH2-]CC.[CH3-].[CH3-].[W]. The molecule has 0 aromatic carbocycles. The Labute approximate surface area is 206 Å². The second kappa shape index (κ2) is 25.5. The molecule has 0 saturated heterocycles. The predicted molar refractivity (Wildman–Crippen MR) is 125 cm³/mol. The van der Waals surface area contributed by atoms with E-state index in [4.69, 9.17) is 9.47 Å². The van der Waals surface area contributed by atoms with Gasteiger partial charge in [0.05, 0.1) is 26.4 Å². The van der Waals surface area contributed by atoms with Crippen molar-refractivity contribution < 1.29 is 44.9 Å². The molecule has 0 aliphatic heterocycles. The Morgan fingerprint density at radius 3 is 1.48 bits per heavy atom. The maximum Gasteiger partial charge on any atom is 0.155 e. The molecule has 0 fully saturated rings. The largest absolute Gasteiger partial charge is 0.434 e. The number of Topliss-reactive ketones (excluding diaryl/α,β-unsaturated/α-hetero) is 2. The van der Waals surface area contributed by atoms with Gasteiger partial charge in [-0.3, -0.25) is 14.4 Å². The smallest absolute Gasteiger partial charge is 0.155 e. The first-order valence-corrected chi connectivity index (χ1v) is 9.98. The molecule has 0 rings (SSSR count). The third-order valence-corrected chi connectivity index (χ3v) is 3.93. The first-order chi connectivity index (χ1) is 13.1. The zero-order valence-corrected chi connectivity index (χ0v) is 24.2. The van der Waals surface area contributed by atoms with Gasteiger partial charge in [-0.1, -0.05) is 48.7 Å². The van der Waals surface area contributed by atoms with Gasteiger partial charge in [-0.05, 0) is 0 Å². The van der Waals surface area contributed by atoms with Crippen molar-refractivity contribution in [3.8, 4) is 0 Å². The Balaban J connectivity index is -0.000000353. The number of rotatable bonds is 13. The molecule has 0 saturated carbocycles. The molecule has 0 aromatic heterocycles. The third-order valence-electron chi connectivity index (χ3n) is 3.93. The van der Waals surface area contributed by atoms with Gasteiger partial charge in [0.25, 0.3) is 0 Å². The Hall–Kier alpha value is -0.782. The molecule has 2 amide bonds. The van der Waals surface area contributed by atoms with Crippen LogP contribution in [0.3, 0.4) is 0 Å². The minimum Gasteiger partial charge on any atom is -0.434 e. The number of ketones is 2. The van der Waals surface area contributed by atoms with Crippen molar-refractivity contribution in [3.63, 3.8) is 0 Å². The van der Waals surface area contributed by atoms with Crippen LogP contribution in [0.15, 0.2) is 0 Å². The first-order valence-electron chi connectivity index (χ1n) is 9.98. The Bertz CT molecular complexity index is 418. The summed E-state index contributed by atoms with van der Waals surface area (Å²) in [5.74, 6) is 0.273. The maximum absolute atomic E-state index is 11.8. The summed E-state index contributed by atoms with van der Waals surface area (Å²) in [6.07, 6.45) is 1.70. The molecule has 0 unspecified atom stereocenters. The van der Waals surface area contributed by atoms with Crippen molar-refractivity contribution in [3.05, 3.63) is 27.1 Å². The number of urea groups is 1. The van der Waals surface area contributed by atoms with Gasteiger partial charge in [0, 0.05) is 51.8 Å². The average Bonchev–Trinajstić information content (AvgIpc) is 2.65. The van der Waals surface area contributed by atoms with Crippen LogP contribution in [0.5, 0.6) is 0 Å². The summed E-state index contributed by atoms with van der Waals surface area (Å²) in [4.78, 5) is 36.4. The summed E-state index contributed by atoms with van der Waals surface area (Å²) in [5.41, 5.74) is 0. The Morgan fingerprint density at radius 1 is 0.903 bits per heavy atom. The van der Waals surface area contributed by atoms with Crippen molar-refractivity contribution >= 4 is 17.6 Å². The number of carbonyl (C=O) groups is 3. The van der Waals surface area contributed by atoms with Crippen LogP contribution in [0, 0.1) is 33.6 Å². The summed E-state index contributed by atoms with van der Waals surface area (Å²) >= 11 is 0. The molecule has 0 bridgehead atoms. The first kappa shape index (κ1) is 40.6. The van der Waals surface area contributed by atoms with Gasteiger partial charge in [0.1, 0.15) is 11.6 Å². The van der Waals surface area contributed by atoms with E-state index in [9.17, 15) is 14.4 Å². The van der Waals surface area contributed by atoms with Gasteiger partial charge in [-0.15, -0.1) is 0 Å². The van der Waals surface area contributed by atoms with Gasteiger partial charge < -0.3 is 41.5 Å². The number of nitrogens with zero attached hydrogens (tertiary/aromatic N) is 2. The molecular formula is C23H46N2O5W-4. The van der Waals surface area contributed by atoms with Crippen molar-refractivity contribution in [1.29, 1.82) is 0 Å². The fraction of sp³-hybridized carbons (Fsp3) is 0.739. The van der Waals surface area contributed by atoms with E-state index in [1.54, 1.807) is 7.05 Å². The van der Waals surface area contributed by atoms with Crippen LogP contribution in [0.4, 0.5) is 4.79 Å². The van der Waals surface area contributed by atoms with E-state index >= 15 is 0 Å². The van der Waals surface area contributed by atoms with E-state index in [2.05, 4.69) is 12.2 Å². The number of carbonyl (C=O) groups excluding carboxylic acids is 3. The molecule has 188 valence electrons. The van der Waals surface area contributed by atoms with E-state index in [1.165, 1.54) is 11.9 Å². The second-order valence-corrected chi connectivity index (χ2v) is 7.16. The molecule has 0 aliphatic rings. The number of hydrogen-bond acceptors (Lipinski definition) is 5. The molecule has 0 aromatic rings. The summed E-state index contributed by atoms with van der Waals surface area (Å²) in [6, 6.07) is -0.687. The van der Waals surface area contributed by atoms with Crippen LogP contribution in [-0.2, 0) is 40.1 Å². The summed E-state index contributed by atoms with van der Waals surface area (Å²) in [7, 11) is 3.06. The molecule has 31 heavy (non-hydrogen) atoms. The number of ether oxygens (including phenoxy) is 2. The number of likely N-dealkylation sites (N-methyl/N-ethyl adjacent to an activating group) is 1. The minimum absolute atomic E-state index is 0. The molecule has 0 atom stereocenters. The van der Waals surface area contributed by atoms with Crippen molar-refractivity contribution in [1.82, 2.24) is 4.90 Å². The van der Waals surface area contributed by atoms with Crippen LogP contribution >= 0.6 is 0 Å². The normalized spacial score (nSPS) is 9.65. The van der Waals surface area contributed by atoms with E-state index in [-0.39, 0.29) is 84.6 Å². The fourth-order valence-corrected chi connectivity index (χ4v) is 1.95. The summed E-state index contributed by atoms with van der Waals surface area (Å²) < 4.78 is 11.1. The number of hydrogen-bond donors (Lipinski definition) is 0. The van der Waals surface area contributed by atoms with Crippen molar-refractivity contribution in [2.45, 2.75) is 59.9 Å². The Morgan fingerprint density at radius 2 is 1.23 bits per heavy atom. The number of amides is 2. The van der Waals surface area contributed by atoms with Crippen molar-refractivity contribution in [2.75, 3.05) is 40.5 Å². The third kappa shape index (κ3) is 22.2. The zero-order valence-electron chi connectivity index (χ0n) is 21.2. The quantitative estimate of drug-likeness (QED) is 0.220. The molecule has 8 heteroatoms. The van der Waals surface area contributed by atoms with E-state index < -0.39 is 0 Å². The monoisotopic (exact) mass is 614 g/mol. The molecular weight excluding hydrogens is 568 g/mol. The minimum atomic E-state index is -0.367. The molecule has 0 radical (unpaired) electrons. The van der Waals surface area contributed by atoms with Crippen LogP contribution in [0.1, 0.15) is 53.9 Å². The standard InChI is InChI=1S/C18H34N2O5.C3H7.2CH3.W/c1-13(2)16(21)7-9-24-11-15(20(6)18(23)19-5)12-25-10-8-17(22)14(3)4;1-3-2;;;/h13-15H,7-12H2,1-6H3,(H,19,23);1,3H2,2H3;2*1H3;/q;3*-1;/p-1. The van der Waals surface area contributed by atoms with E-state index in [0.717, 1.165) is 6.42 Å². The van der Waals surface area contributed by atoms with Gasteiger partial charge in [0.15, 0.2) is 6.03 Å². The van der Waals surface area contributed by atoms with Gasteiger partial charge in [0.2, 0.25) is 0 Å². The molecule has 0 heterocycles. The van der Waals surface area contributed by atoms with Crippen LogP contribution < -0.4 is 0 Å². The Kier molecular flexibility index (Phi) is 33.3. The van der Waals surface area contributed by atoms with Gasteiger partial charge >= 0.3 is 0 Å². The maximum atomic E-state index is 11.8. The van der Waals surface area contributed by atoms with Crippen LogP contribution in [-0.4, -0.2) is 69.1 Å². The zero-order chi connectivity index (χ0) is 22.1. The van der Waals surface area contributed by atoms with Gasteiger partial charge in [-0.2, -0.15) is 6.42 Å². The van der Waals surface area contributed by atoms with Crippen molar-refractivity contribution in [2.24, 2.45) is 11.8 Å². The molecule has 7 nitrogen and oxygen atoms in total. The van der Waals surface area contributed by atoms with Crippen LogP contribution in [0.25, 0.3) is 5.32 Å². The molecule has 0 spiro atoms. The summed E-state index contributed by atoms with van der Waals surface area (Å²) in [5, 5.41) is 3.64. The van der Waals surface area contributed by atoms with Crippen LogP contribution in [0.2, 0.25) is 0 Å². The second-order valence-electron chi connectivity index (χ2n) is 7.16. The van der Waals surface area contributed by atoms with E-state index in [1.807, 2.05) is 34.6 Å². The van der Waals surface area contributed by atoms with Gasteiger partial charge in [-0.25, -0.2) is 0 Å². The topological polar surface area (TPSA) is 87.0 Å². The van der Waals surface area contributed by atoms with E-state index in [0.29, 0.717) is 26.1 Å². The predicted octanol–water partition coefficient (Wildman–Crippen LogP) is 4.80. The average molecular weight is 614 g/mol. The fourth-order valence-electron chi connectivity index (χ4n) is 1.95. The molecule has 0 N–H and O–H groups in total. The summed E-state index contributed by atoms with van der Waals surface area (Å²) in [6.45, 7) is 14.0.